The van der Waals surface area contributed by atoms with Gasteiger partial charge < -0.3 is 43.8 Å². The summed E-state index contributed by atoms with van der Waals surface area (Å²) in [4.78, 5) is 26.6. The van der Waals surface area contributed by atoms with Gasteiger partial charge in [0.2, 0.25) is 5.91 Å². The molecule has 2 aliphatic rings. The van der Waals surface area contributed by atoms with Crippen LogP contribution in [0.2, 0.25) is 0 Å². The summed E-state index contributed by atoms with van der Waals surface area (Å²) in [6, 6.07) is -0.333. The van der Waals surface area contributed by atoms with E-state index < -0.39 is 50.8 Å². The average Bonchev–Trinajstić information content (AvgIpc) is 3.29. The van der Waals surface area contributed by atoms with Crippen molar-refractivity contribution in [1.82, 2.24) is 4.90 Å². The number of ketones is 1. The van der Waals surface area contributed by atoms with Gasteiger partial charge in [-0.3, -0.25) is 14.2 Å². The molecule has 8 atom stereocenters. The molecule has 0 radical (unpaired) electrons. The topological polar surface area (TPSA) is 172 Å². The highest BCUT2D eigenvalue weighted by Gasteiger charge is 2.42. The fourth-order valence-corrected chi connectivity index (χ4v) is 6.51. The lowest BCUT2D eigenvalue weighted by Crippen LogP contribution is -2.55. The van der Waals surface area contributed by atoms with E-state index >= 15 is 0 Å². The molecule has 2 aliphatic heterocycles. The van der Waals surface area contributed by atoms with E-state index in [1.165, 1.54) is 6.66 Å². The summed E-state index contributed by atoms with van der Waals surface area (Å²) in [5.74, 6) is -0.311. The highest BCUT2D eigenvalue weighted by molar-refractivity contribution is 7.53. The van der Waals surface area contributed by atoms with Gasteiger partial charge in [-0.05, 0) is 46.0 Å². The van der Waals surface area contributed by atoms with Crippen LogP contribution in [0.15, 0.2) is 0 Å². The molecule has 0 aromatic carbocycles. The summed E-state index contributed by atoms with van der Waals surface area (Å²) in [5, 5.41) is 39.3. The molecular formula is C28H52NO11P. The van der Waals surface area contributed by atoms with Crippen molar-refractivity contribution >= 4 is 19.3 Å². The number of carbonyl (C=O) groups excluding carboxylic acids is 2. The molecule has 2 rings (SSSR count). The third kappa shape index (κ3) is 12.7. The third-order valence-electron chi connectivity index (χ3n) is 7.53. The van der Waals surface area contributed by atoms with Crippen molar-refractivity contribution in [1.29, 1.82) is 0 Å². The molecule has 0 aliphatic carbocycles. The molecule has 1 amide bonds. The second-order valence-corrected chi connectivity index (χ2v) is 13.7. The maximum atomic E-state index is 12.7. The van der Waals surface area contributed by atoms with Gasteiger partial charge in [-0.2, -0.15) is 0 Å². The Morgan fingerprint density at radius 2 is 1.63 bits per heavy atom. The molecule has 2 fully saturated rings. The number of ether oxygens (including phenoxy) is 2. The zero-order valence-electron chi connectivity index (χ0n) is 25.1. The second kappa shape index (κ2) is 18.0. The maximum Gasteiger partial charge on any atom is 0.327 e. The van der Waals surface area contributed by atoms with Crippen LogP contribution in [0.4, 0.5) is 0 Å². The summed E-state index contributed by atoms with van der Waals surface area (Å²) in [5.41, 5.74) is 0. The number of rotatable bonds is 19. The molecule has 240 valence electrons. The molecule has 41 heavy (non-hydrogen) atoms. The number of aliphatic hydroxyl groups is 4. The van der Waals surface area contributed by atoms with E-state index in [4.69, 9.17) is 18.5 Å². The molecule has 0 spiro atoms. The third-order valence-corrected chi connectivity index (χ3v) is 8.96. The van der Waals surface area contributed by atoms with Crippen LogP contribution in [0.5, 0.6) is 0 Å². The molecular weight excluding hydrogens is 557 g/mol. The van der Waals surface area contributed by atoms with E-state index in [-0.39, 0.29) is 37.0 Å². The molecule has 13 heteroatoms. The first-order valence-corrected chi connectivity index (χ1v) is 17.0. The van der Waals surface area contributed by atoms with Gasteiger partial charge in [-0.1, -0.05) is 19.8 Å². The van der Waals surface area contributed by atoms with Crippen LogP contribution in [-0.4, -0.2) is 113 Å². The smallest absolute Gasteiger partial charge is 0.327 e. The maximum absolute atomic E-state index is 12.7. The van der Waals surface area contributed by atoms with E-state index in [2.05, 4.69) is 0 Å². The van der Waals surface area contributed by atoms with E-state index in [0.717, 1.165) is 19.3 Å². The van der Waals surface area contributed by atoms with E-state index in [1.807, 2.05) is 0 Å². The van der Waals surface area contributed by atoms with Gasteiger partial charge in [0.05, 0.1) is 37.6 Å². The first-order chi connectivity index (χ1) is 19.3. The highest BCUT2D eigenvalue weighted by Crippen LogP contribution is 2.45. The Morgan fingerprint density at radius 3 is 2.27 bits per heavy atom. The van der Waals surface area contributed by atoms with Gasteiger partial charge in [-0.25, -0.2) is 0 Å². The predicted molar refractivity (Wildman–Crippen MR) is 151 cm³/mol. The largest absolute Gasteiger partial charge is 0.394 e. The Bertz CT molecular complexity index is 842. The number of amides is 1. The lowest BCUT2D eigenvalue weighted by molar-refractivity contribution is -0.282. The highest BCUT2D eigenvalue weighted by atomic mass is 31.2. The van der Waals surface area contributed by atoms with E-state index in [0.29, 0.717) is 51.6 Å². The van der Waals surface area contributed by atoms with Gasteiger partial charge >= 0.3 is 7.60 Å². The minimum absolute atomic E-state index is 0.0580. The zero-order valence-corrected chi connectivity index (χ0v) is 26.0. The van der Waals surface area contributed by atoms with Crippen LogP contribution in [0, 0.1) is 5.92 Å². The summed E-state index contributed by atoms with van der Waals surface area (Å²) >= 11 is 0. The normalized spacial score (nSPS) is 30.1. The number of hydrogen-bond donors (Lipinski definition) is 4. The van der Waals surface area contributed by atoms with Crippen LogP contribution in [-0.2, 0) is 32.7 Å². The van der Waals surface area contributed by atoms with Crippen LogP contribution in [0.25, 0.3) is 0 Å². The van der Waals surface area contributed by atoms with Gasteiger partial charge in [0.15, 0.2) is 6.29 Å². The number of nitrogens with zero attached hydrogens (tertiary/aromatic N) is 1. The summed E-state index contributed by atoms with van der Waals surface area (Å²) in [7, 11) is -3.23. The minimum atomic E-state index is -3.23. The number of unbranched alkanes of at least 4 members (excludes halogenated alkanes) is 4. The van der Waals surface area contributed by atoms with Crippen LogP contribution < -0.4 is 0 Å². The average molecular weight is 610 g/mol. The number of hydrogen-bond acceptors (Lipinski definition) is 11. The van der Waals surface area contributed by atoms with Crippen LogP contribution >= 0.6 is 7.60 Å². The Morgan fingerprint density at radius 1 is 1.00 bits per heavy atom. The molecule has 2 saturated heterocycles. The molecule has 0 aromatic heterocycles. The molecule has 0 bridgehead atoms. The lowest BCUT2D eigenvalue weighted by atomic mass is 9.92. The van der Waals surface area contributed by atoms with E-state index in [9.17, 15) is 34.6 Å². The standard InChI is InChI=1S/C28H52NO11P/c1-19(2)40-41(4,36)38-18-21-15-23(32)16-29(21)25(33)13-8-6-5-7-11-22(31)12-9-10-14-37-28-20(3)26(34)27(35)24(17-30)39-28/h19-21,23-24,26-28,30,32,34-35H,5-18H2,1-4H3/t20?,21-,23+,24?,26?,27?,28?,41?/m0/s1. The fraction of sp³-hybridized carbons (Fsp3) is 0.929. The van der Waals surface area contributed by atoms with Crippen molar-refractivity contribution in [3.8, 4) is 0 Å². The molecule has 12 nitrogen and oxygen atoms in total. The number of β-amino-alcohol motifs (C(OH)–C–C–N with tert-alkyl or cyclic N) is 1. The van der Waals surface area contributed by atoms with Crippen molar-refractivity contribution in [2.24, 2.45) is 5.92 Å². The molecule has 4 N–H and O–H groups in total. The molecule has 0 saturated carbocycles. The quantitative estimate of drug-likeness (QED) is 0.125. The second-order valence-electron chi connectivity index (χ2n) is 11.7. The van der Waals surface area contributed by atoms with Crippen molar-refractivity contribution in [2.75, 3.05) is 33.0 Å². The van der Waals surface area contributed by atoms with Gasteiger partial charge in [0, 0.05) is 45.0 Å². The Labute approximate surface area is 244 Å². The Hall–Kier alpha value is -0.950. The van der Waals surface area contributed by atoms with Crippen LogP contribution in [0.3, 0.4) is 0 Å². The fourth-order valence-electron chi connectivity index (χ4n) is 5.25. The summed E-state index contributed by atoms with van der Waals surface area (Å²) in [6.45, 7) is 6.90. The number of aliphatic hydroxyl groups excluding tert-OH is 4. The predicted octanol–water partition coefficient (Wildman–Crippen LogP) is 2.38. The molecule has 0 aromatic rings. The summed E-state index contributed by atoms with van der Waals surface area (Å²) < 4.78 is 34.4. The molecule has 2 heterocycles. The first-order valence-electron chi connectivity index (χ1n) is 15.0. The van der Waals surface area contributed by atoms with Gasteiger partial charge in [0.1, 0.15) is 18.0 Å². The summed E-state index contributed by atoms with van der Waals surface area (Å²) in [6.07, 6.45) is 1.47. The number of likely N-dealkylation sites (tertiary alicyclic amines) is 1. The van der Waals surface area contributed by atoms with E-state index in [1.54, 1.807) is 25.7 Å². The van der Waals surface area contributed by atoms with Crippen molar-refractivity contribution < 1.29 is 53.1 Å². The Kier molecular flexibility index (Phi) is 15.9. The van der Waals surface area contributed by atoms with Crippen molar-refractivity contribution in [3.63, 3.8) is 0 Å². The van der Waals surface area contributed by atoms with Crippen LogP contribution in [0.1, 0.15) is 85.0 Å². The van der Waals surface area contributed by atoms with Crippen molar-refractivity contribution in [2.45, 2.75) is 128 Å². The monoisotopic (exact) mass is 609 g/mol. The van der Waals surface area contributed by atoms with Gasteiger partial charge in [-0.15, -0.1) is 0 Å². The number of carbonyl (C=O) groups is 2. The zero-order chi connectivity index (χ0) is 30.6. The molecule has 6 unspecified atom stereocenters. The van der Waals surface area contributed by atoms with Crippen molar-refractivity contribution in [3.05, 3.63) is 0 Å². The Balaban J connectivity index is 1.54. The first kappa shape index (κ1) is 36.2. The van der Waals surface area contributed by atoms with Gasteiger partial charge in [0.25, 0.3) is 0 Å². The SMILES string of the molecule is CC(C)OP(C)(=O)OC[C@@H]1C[C@@H](O)CN1C(=O)CCCCCCC(=O)CCCCOC1OC(CO)C(O)C(O)C1C. The number of Topliss-reactive ketones (excluding diaryl/α,β-unsaturated/α-hetero) is 1. The minimum Gasteiger partial charge on any atom is -0.394 e. The lowest BCUT2D eigenvalue weighted by Gasteiger charge is -2.40.